The molecule has 0 unspecified atom stereocenters. The van der Waals surface area contributed by atoms with Crippen LogP contribution in [0.5, 0.6) is 0 Å². The molecular formula is C10H11N5O. The molecule has 0 atom stereocenters. The molecule has 6 heteroatoms. The van der Waals surface area contributed by atoms with Gasteiger partial charge in [0.25, 0.3) is 0 Å². The van der Waals surface area contributed by atoms with E-state index in [4.69, 9.17) is 5.26 Å². The van der Waals surface area contributed by atoms with Crippen molar-refractivity contribution >= 4 is 11.9 Å². The molecule has 1 heterocycles. The monoisotopic (exact) mass is 217 g/mol. The highest BCUT2D eigenvalue weighted by Gasteiger charge is 2.50. The molecule has 1 saturated carbocycles. The van der Waals surface area contributed by atoms with Gasteiger partial charge in [-0.1, -0.05) is 0 Å². The van der Waals surface area contributed by atoms with Crippen LogP contribution in [-0.2, 0) is 4.79 Å². The minimum atomic E-state index is -0.859. The number of hydrogen-bond acceptors (Lipinski definition) is 5. The van der Waals surface area contributed by atoms with Crippen molar-refractivity contribution in [3.05, 3.63) is 11.4 Å². The van der Waals surface area contributed by atoms with Crippen LogP contribution in [-0.4, -0.2) is 21.1 Å². The molecule has 1 aromatic rings. The maximum atomic E-state index is 11.7. The summed E-state index contributed by atoms with van der Waals surface area (Å²) in [6.45, 7) is 3.58. The Labute approximate surface area is 92.7 Å². The van der Waals surface area contributed by atoms with Gasteiger partial charge >= 0.3 is 0 Å². The van der Waals surface area contributed by atoms with Gasteiger partial charge in [0.1, 0.15) is 5.41 Å². The molecule has 0 radical (unpaired) electrons. The summed E-state index contributed by atoms with van der Waals surface area (Å²) >= 11 is 0. The predicted molar refractivity (Wildman–Crippen MR) is 55.2 cm³/mol. The Morgan fingerprint density at radius 2 is 2.06 bits per heavy atom. The number of hydrogen-bond donors (Lipinski definition) is 1. The lowest BCUT2D eigenvalue weighted by Crippen LogP contribution is -2.24. The van der Waals surface area contributed by atoms with Crippen LogP contribution in [0.25, 0.3) is 0 Å². The van der Waals surface area contributed by atoms with Gasteiger partial charge in [0.15, 0.2) is 0 Å². The topological polar surface area (TPSA) is 91.6 Å². The van der Waals surface area contributed by atoms with E-state index in [2.05, 4.69) is 20.5 Å². The summed E-state index contributed by atoms with van der Waals surface area (Å²) in [4.78, 5) is 15.8. The highest BCUT2D eigenvalue weighted by molar-refractivity contribution is 5.97. The number of nitriles is 1. The van der Waals surface area contributed by atoms with E-state index in [-0.39, 0.29) is 11.9 Å². The van der Waals surface area contributed by atoms with Crippen LogP contribution in [0.2, 0.25) is 0 Å². The molecule has 1 amide bonds. The van der Waals surface area contributed by atoms with E-state index in [0.29, 0.717) is 18.5 Å². The second-order valence-corrected chi connectivity index (χ2v) is 3.95. The van der Waals surface area contributed by atoms with E-state index in [1.807, 2.05) is 6.07 Å². The Hall–Kier alpha value is -2.03. The zero-order chi connectivity index (χ0) is 11.8. The number of aromatic nitrogens is 3. The van der Waals surface area contributed by atoms with Crippen LogP contribution in [0.1, 0.15) is 24.2 Å². The van der Waals surface area contributed by atoms with Gasteiger partial charge in [-0.2, -0.15) is 10.4 Å². The molecule has 0 bridgehead atoms. The third kappa shape index (κ3) is 1.72. The zero-order valence-corrected chi connectivity index (χ0v) is 9.11. The third-order valence-electron chi connectivity index (χ3n) is 2.72. The summed E-state index contributed by atoms with van der Waals surface area (Å²) in [5.41, 5.74) is 0.578. The molecular weight excluding hydrogens is 206 g/mol. The van der Waals surface area contributed by atoms with Gasteiger partial charge < -0.3 is 0 Å². The Morgan fingerprint density at radius 1 is 1.38 bits per heavy atom. The molecule has 16 heavy (non-hydrogen) atoms. The van der Waals surface area contributed by atoms with Gasteiger partial charge in [-0.15, -0.1) is 5.10 Å². The number of carbonyl (C=O) groups excluding carboxylic acids is 1. The van der Waals surface area contributed by atoms with Crippen molar-refractivity contribution in [3.8, 4) is 6.07 Å². The van der Waals surface area contributed by atoms with E-state index in [1.165, 1.54) is 0 Å². The van der Waals surface area contributed by atoms with E-state index in [0.717, 1.165) is 5.69 Å². The zero-order valence-electron chi connectivity index (χ0n) is 9.11. The molecule has 1 aliphatic rings. The first-order chi connectivity index (χ1) is 7.57. The number of anilines is 1. The minimum Gasteiger partial charge on any atom is -0.292 e. The molecule has 2 rings (SSSR count). The van der Waals surface area contributed by atoms with Gasteiger partial charge in [-0.25, -0.2) is 4.98 Å². The van der Waals surface area contributed by atoms with Crippen LogP contribution < -0.4 is 5.32 Å². The summed E-state index contributed by atoms with van der Waals surface area (Å²) in [5, 5.41) is 19.0. The smallest absolute Gasteiger partial charge is 0.249 e. The Bertz CT molecular complexity index is 486. The van der Waals surface area contributed by atoms with Crippen molar-refractivity contribution in [3.63, 3.8) is 0 Å². The summed E-state index contributed by atoms with van der Waals surface area (Å²) in [6, 6.07) is 2.01. The standard InChI is InChI=1S/C10H11N5O/c1-6-7(2)14-15-9(12-6)13-8(16)10(5-11)3-4-10/h3-4H2,1-2H3,(H,12,13,15,16). The Morgan fingerprint density at radius 3 is 2.56 bits per heavy atom. The second-order valence-electron chi connectivity index (χ2n) is 3.95. The van der Waals surface area contributed by atoms with Crippen LogP contribution >= 0.6 is 0 Å². The van der Waals surface area contributed by atoms with Crippen molar-refractivity contribution in [1.82, 2.24) is 15.2 Å². The minimum absolute atomic E-state index is 0.162. The molecule has 0 saturated heterocycles. The fraction of sp³-hybridized carbons (Fsp3) is 0.500. The molecule has 1 aromatic heterocycles. The molecule has 82 valence electrons. The first kappa shape index (κ1) is 10.5. The van der Waals surface area contributed by atoms with Crippen LogP contribution in [0, 0.1) is 30.6 Å². The SMILES string of the molecule is Cc1nnc(NC(=O)C2(C#N)CC2)nc1C. The third-order valence-corrected chi connectivity index (χ3v) is 2.72. The summed E-state index contributed by atoms with van der Waals surface area (Å²) in [7, 11) is 0. The highest BCUT2D eigenvalue weighted by Crippen LogP contribution is 2.45. The number of aryl methyl sites for hydroxylation is 2. The Balaban J connectivity index is 2.13. The molecule has 1 fully saturated rings. The number of amides is 1. The molecule has 0 aromatic carbocycles. The van der Waals surface area contributed by atoms with Gasteiger partial charge in [-0.3, -0.25) is 10.1 Å². The first-order valence-corrected chi connectivity index (χ1v) is 4.98. The normalized spacial score (nSPS) is 16.3. The molecule has 0 aliphatic heterocycles. The van der Waals surface area contributed by atoms with E-state index >= 15 is 0 Å². The van der Waals surface area contributed by atoms with Gasteiger partial charge in [0.05, 0.1) is 17.5 Å². The summed E-state index contributed by atoms with van der Waals surface area (Å²) < 4.78 is 0. The molecule has 1 aliphatic carbocycles. The van der Waals surface area contributed by atoms with Crippen LogP contribution in [0.15, 0.2) is 0 Å². The van der Waals surface area contributed by atoms with E-state index in [1.54, 1.807) is 13.8 Å². The fourth-order valence-corrected chi connectivity index (χ4v) is 1.25. The quantitative estimate of drug-likeness (QED) is 0.788. The summed E-state index contributed by atoms with van der Waals surface area (Å²) in [5.74, 6) is -0.172. The molecule has 6 nitrogen and oxygen atoms in total. The number of nitrogens with one attached hydrogen (secondary N) is 1. The average molecular weight is 217 g/mol. The lowest BCUT2D eigenvalue weighted by Gasteiger charge is -2.06. The maximum Gasteiger partial charge on any atom is 0.249 e. The van der Waals surface area contributed by atoms with Crippen molar-refractivity contribution in [2.45, 2.75) is 26.7 Å². The van der Waals surface area contributed by atoms with Gasteiger partial charge in [0, 0.05) is 0 Å². The Kier molecular flexibility index (Phi) is 2.31. The maximum absolute atomic E-state index is 11.7. The fourth-order valence-electron chi connectivity index (χ4n) is 1.25. The highest BCUT2D eigenvalue weighted by atomic mass is 16.2. The van der Waals surface area contributed by atoms with Crippen LogP contribution in [0.3, 0.4) is 0 Å². The second kappa shape index (κ2) is 3.52. The molecule has 0 spiro atoms. The van der Waals surface area contributed by atoms with Gasteiger partial charge in [-0.05, 0) is 26.7 Å². The lowest BCUT2D eigenvalue weighted by molar-refractivity contribution is -0.119. The van der Waals surface area contributed by atoms with Crippen molar-refractivity contribution < 1.29 is 4.79 Å². The average Bonchev–Trinajstić information content (AvgIpc) is 3.04. The number of carbonyl (C=O) groups is 1. The van der Waals surface area contributed by atoms with E-state index in [9.17, 15) is 4.79 Å². The number of rotatable bonds is 2. The first-order valence-electron chi connectivity index (χ1n) is 4.98. The van der Waals surface area contributed by atoms with Gasteiger partial charge in [0.2, 0.25) is 11.9 Å². The van der Waals surface area contributed by atoms with Crippen molar-refractivity contribution in [2.75, 3.05) is 5.32 Å². The number of nitrogens with zero attached hydrogens (tertiary/aromatic N) is 4. The predicted octanol–water partition coefficient (Wildman–Crippen LogP) is 0.731. The lowest BCUT2D eigenvalue weighted by atomic mass is 10.1. The van der Waals surface area contributed by atoms with Crippen LogP contribution in [0.4, 0.5) is 5.95 Å². The van der Waals surface area contributed by atoms with Crippen molar-refractivity contribution in [2.24, 2.45) is 5.41 Å². The van der Waals surface area contributed by atoms with Crippen molar-refractivity contribution in [1.29, 1.82) is 5.26 Å². The molecule has 1 N–H and O–H groups in total. The largest absolute Gasteiger partial charge is 0.292 e. The summed E-state index contributed by atoms with van der Waals surface area (Å²) in [6.07, 6.45) is 1.21. The van der Waals surface area contributed by atoms with E-state index < -0.39 is 5.41 Å².